The first kappa shape index (κ1) is 16.9. The van der Waals surface area contributed by atoms with Gasteiger partial charge in [0.2, 0.25) is 5.91 Å². The first-order valence-electron chi connectivity index (χ1n) is 8.18. The van der Waals surface area contributed by atoms with E-state index in [1.165, 1.54) is 11.1 Å². The summed E-state index contributed by atoms with van der Waals surface area (Å²) in [6.45, 7) is 1.73. The largest absolute Gasteiger partial charge is 0.366 e. The fourth-order valence-electron chi connectivity index (χ4n) is 2.84. The number of carbonyl (C=O) groups is 1. The summed E-state index contributed by atoms with van der Waals surface area (Å²) in [5, 5.41) is 0. The van der Waals surface area contributed by atoms with E-state index in [9.17, 15) is 4.79 Å². The van der Waals surface area contributed by atoms with Gasteiger partial charge in [-0.3, -0.25) is 14.7 Å². The number of primary amides is 1. The predicted octanol–water partition coefficient (Wildman–Crippen LogP) is 3.48. The minimum atomic E-state index is -0.405. The monoisotopic (exact) mass is 331 g/mol. The lowest BCUT2D eigenvalue weighted by Crippen LogP contribution is -2.17. The van der Waals surface area contributed by atoms with Gasteiger partial charge in [0.1, 0.15) is 0 Å². The first-order valence-corrected chi connectivity index (χ1v) is 8.18. The molecule has 0 atom stereocenters. The Morgan fingerprint density at radius 2 is 1.60 bits per heavy atom. The van der Waals surface area contributed by atoms with Crippen molar-refractivity contribution in [1.82, 2.24) is 9.88 Å². The molecule has 25 heavy (non-hydrogen) atoms. The highest BCUT2D eigenvalue weighted by Crippen LogP contribution is 2.22. The number of hydrogen-bond donors (Lipinski definition) is 1. The van der Waals surface area contributed by atoms with Gasteiger partial charge in [-0.05, 0) is 59.6 Å². The summed E-state index contributed by atoms with van der Waals surface area (Å²) in [7, 11) is 2.11. The van der Waals surface area contributed by atoms with Crippen LogP contribution in [-0.2, 0) is 13.1 Å². The zero-order chi connectivity index (χ0) is 17.6. The van der Waals surface area contributed by atoms with Crippen LogP contribution in [0.2, 0.25) is 0 Å². The van der Waals surface area contributed by atoms with E-state index in [1.54, 1.807) is 12.1 Å². The molecule has 4 heteroatoms. The molecule has 0 aliphatic carbocycles. The minimum absolute atomic E-state index is 0.405. The lowest BCUT2D eigenvalue weighted by Gasteiger charge is -2.17. The van der Waals surface area contributed by atoms with Crippen LogP contribution in [0.3, 0.4) is 0 Å². The van der Waals surface area contributed by atoms with Gasteiger partial charge in [0.15, 0.2) is 0 Å². The van der Waals surface area contributed by atoms with Gasteiger partial charge in [0.25, 0.3) is 0 Å². The van der Waals surface area contributed by atoms with E-state index < -0.39 is 5.91 Å². The average molecular weight is 331 g/mol. The van der Waals surface area contributed by atoms with E-state index in [1.807, 2.05) is 36.7 Å². The molecule has 1 aromatic heterocycles. The standard InChI is InChI=1S/C21H21N3O/c1-24(14-16-9-11-23-12-10-16)15-17-3-2-4-20(13-17)18-5-7-19(8-6-18)21(22)25/h2-13H,14-15H2,1H3,(H2,22,25). The van der Waals surface area contributed by atoms with Gasteiger partial charge in [-0.15, -0.1) is 0 Å². The highest BCUT2D eigenvalue weighted by atomic mass is 16.1. The molecular weight excluding hydrogens is 310 g/mol. The van der Waals surface area contributed by atoms with E-state index in [0.29, 0.717) is 5.56 Å². The third-order valence-corrected chi connectivity index (χ3v) is 4.08. The van der Waals surface area contributed by atoms with Crippen LogP contribution in [0, 0.1) is 0 Å². The predicted molar refractivity (Wildman–Crippen MR) is 99.8 cm³/mol. The second-order valence-electron chi connectivity index (χ2n) is 6.17. The molecule has 0 unspecified atom stereocenters. The summed E-state index contributed by atoms with van der Waals surface area (Å²) in [6.07, 6.45) is 3.64. The number of nitrogens with two attached hydrogens (primary N) is 1. The molecule has 0 aliphatic heterocycles. The maximum absolute atomic E-state index is 11.2. The van der Waals surface area contributed by atoms with Crippen molar-refractivity contribution < 1.29 is 4.79 Å². The topological polar surface area (TPSA) is 59.2 Å². The number of amides is 1. The normalized spacial score (nSPS) is 10.8. The molecule has 3 aromatic rings. The Balaban J connectivity index is 1.71. The maximum atomic E-state index is 11.2. The number of carbonyl (C=O) groups excluding carboxylic acids is 1. The van der Waals surface area contributed by atoms with E-state index in [-0.39, 0.29) is 0 Å². The third-order valence-electron chi connectivity index (χ3n) is 4.08. The molecule has 4 nitrogen and oxygen atoms in total. The number of hydrogen-bond acceptors (Lipinski definition) is 3. The van der Waals surface area contributed by atoms with Gasteiger partial charge in [0.05, 0.1) is 0 Å². The second-order valence-corrected chi connectivity index (χ2v) is 6.17. The van der Waals surface area contributed by atoms with E-state index >= 15 is 0 Å². The summed E-state index contributed by atoms with van der Waals surface area (Å²) >= 11 is 0. The van der Waals surface area contributed by atoms with Crippen LogP contribution in [0.15, 0.2) is 73.1 Å². The Kier molecular flexibility index (Phi) is 5.21. The Bertz CT molecular complexity index is 845. The quantitative estimate of drug-likeness (QED) is 0.752. The molecule has 1 heterocycles. The van der Waals surface area contributed by atoms with Crippen LogP contribution in [0.4, 0.5) is 0 Å². The lowest BCUT2D eigenvalue weighted by molar-refractivity contribution is 0.100. The third kappa shape index (κ3) is 4.52. The Morgan fingerprint density at radius 3 is 2.28 bits per heavy atom. The molecule has 0 fully saturated rings. The highest BCUT2D eigenvalue weighted by Gasteiger charge is 2.05. The molecule has 126 valence electrons. The van der Waals surface area contributed by atoms with Gasteiger partial charge in [0, 0.05) is 31.0 Å². The second kappa shape index (κ2) is 7.73. The Labute approximate surface area is 147 Å². The highest BCUT2D eigenvalue weighted by molar-refractivity contribution is 5.93. The number of rotatable bonds is 6. The summed E-state index contributed by atoms with van der Waals surface area (Å²) in [5.41, 5.74) is 10.5. The van der Waals surface area contributed by atoms with Crippen LogP contribution >= 0.6 is 0 Å². The molecule has 2 aromatic carbocycles. The van der Waals surface area contributed by atoms with Crippen LogP contribution in [0.25, 0.3) is 11.1 Å². The zero-order valence-corrected chi connectivity index (χ0v) is 14.2. The Hall–Kier alpha value is -2.98. The van der Waals surface area contributed by atoms with Gasteiger partial charge >= 0.3 is 0 Å². The SMILES string of the molecule is CN(Cc1ccncc1)Cc1cccc(-c2ccc(C(N)=O)cc2)c1. The summed E-state index contributed by atoms with van der Waals surface area (Å²) in [5.74, 6) is -0.405. The van der Waals surface area contributed by atoms with Gasteiger partial charge in [-0.25, -0.2) is 0 Å². The van der Waals surface area contributed by atoms with Crippen molar-refractivity contribution in [2.75, 3.05) is 7.05 Å². The summed E-state index contributed by atoms with van der Waals surface area (Å²) < 4.78 is 0. The molecule has 0 radical (unpaired) electrons. The van der Waals surface area contributed by atoms with E-state index in [2.05, 4.69) is 41.2 Å². The Morgan fingerprint density at radius 1 is 0.920 bits per heavy atom. The summed E-state index contributed by atoms with van der Waals surface area (Å²) in [6, 6.07) is 19.9. The minimum Gasteiger partial charge on any atom is -0.366 e. The summed E-state index contributed by atoms with van der Waals surface area (Å²) in [4.78, 5) is 17.5. The fourth-order valence-corrected chi connectivity index (χ4v) is 2.84. The van der Waals surface area contributed by atoms with Crippen LogP contribution in [-0.4, -0.2) is 22.8 Å². The van der Waals surface area contributed by atoms with Crippen molar-refractivity contribution in [2.45, 2.75) is 13.1 Å². The van der Waals surface area contributed by atoms with E-state index in [0.717, 1.165) is 24.2 Å². The molecule has 0 spiro atoms. The first-order chi connectivity index (χ1) is 12.1. The fraction of sp³-hybridized carbons (Fsp3) is 0.143. The van der Waals surface area contributed by atoms with Gasteiger partial charge < -0.3 is 5.73 Å². The number of aromatic nitrogens is 1. The smallest absolute Gasteiger partial charge is 0.248 e. The van der Waals surface area contributed by atoms with Crippen molar-refractivity contribution >= 4 is 5.91 Å². The van der Waals surface area contributed by atoms with Crippen molar-refractivity contribution in [3.05, 3.63) is 89.7 Å². The lowest BCUT2D eigenvalue weighted by atomic mass is 10.0. The molecular formula is C21H21N3O. The molecule has 3 rings (SSSR count). The number of nitrogens with zero attached hydrogens (tertiary/aromatic N) is 2. The van der Waals surface area contributed by atoms with Crippen molar-refractivity contribution in [3.8, 4) is 11.1 Å². The molecule has 0 saturated carbocycles. The maximum Gasteiger partial charge on any atom is 0.248 e. The number of benzene rings is 2. The van der Waals surface area contributed by atoms with Crippen molar-refractivity contribution in [3.63, 3.8) is 0 Å². The van der Waals surface area contributed by atoms with Crippen molar-refractivity contribution in [1.29, 1.82) is 0 Å². The van der Waals surface area contributed by atoms with Crippen molar-refractivity contribution in [2.24, 2.45) is 5.73 Å². The van der Waals surface area contributed by atoms with Crippen LogP contribution < -0.4 is 5.73 Å². The molecule has 1 amide bonds. The zero-order valence-electron chi connectivity index (χ0n) is 14.2. The molecule has 0 bridgehead atoms. The molecule has 0 saturated heterocycles. The van der Waals surface area contributed by atoms with Crippen LogP contribution in [0.5, 0.6) is 0 Å². The molecule has 2 N–H and O–H groups in total. The number of pyridine rings is 1. The van der Waals surface area contributed by atoms with Gasteiger partial charge in [-0.1, -0.05) is 30.3 Å². The molecule has 0 aliphatic rings. The van der Waals surface area contributed by atoms with Crippen LogP contribution in [0.1, 0.15) is 21.5 Å². The average Bonchev–Trinajstić information content (AvgIpc) is 2.63. The van der Waals surface area contributed by atoms with Gasteiger partial charge in [-0.2, -0.15) is 0 Å². The van der Waals surface area contributed by atoms with E-state index in [4.69, 9.17) is 5.73 Å².